The minimum absolute atomic E-state index is 1.25. The highest BCUT2D eigenvalue weighted by molar-refractivity contribution is 6.16. The van der Waals surface area contributed by atoms with Gasteiger partial charge in [0.25, 0.3) is 0 Å². The lowest BCUT2D eigenvalue weighted by atomic mass is 9.85. The molecule has 0 bridgehead atoms. The van der Waals surface area contributed by atoms with Crippen LogP contribution in [0.1, 0.15) is 24.0 Å². The van der Waals surface area contributed by atoms with Crippen LogP contribution in [0, 0.1) is 0 Å². The summed E-state index contributed by atoms with van der Waals surface area (Å²) in [7, 11) is 0. The topological polar surface area (TPSA) is 0 Å². The smallest absolute Gasteiger partial charge is 0.00234 e. The van der Waals surface area contributed by atoms with Crippen LogP contribution < -0.4 is 0 Å². The van der Waals surface area contributed by atoms with Gasteiger partial charge in [-0.3, -0.25) is 0 Å². The van der Waals surface area contributed by atoms with E-state index < -0.39 is 0 Å². The van der Waals surface area contributed by atoms with Crippen molar-refractivity contribution >= 4 is 10.8 Å². The molecule has 0 saturated heterocycles. The van der Waals surface area contributed by atoms with Crippen molar-refractivity contribution in [1.82, 2.24) is 0 Å². The Morgan fingerprint density at radius 2 is 1.40 bits per heavy atom. The highest BCUT2D eigenvalue weighted by Gasteiger charge is 2.24. The molecule has 0 heteroatoms. The van der Waals surface area contributed by atoms with Crippen molar-refractivity contribution < 1.29 is 0 Å². The first kappa shape index (κ1) is 10.7. The van der Waals surface area contributed by atoms with E-state index in [4.69, 9.17) is 0 Å². The van der Waals surface area contributed by atoms with Gasteiger partial charge in [-0.25, -0.2) is 0 Å². The van der Waals surface area contributed by atoms with Crippen molar-refractivity contribution in [2.24, 2.45) is 0 Å². The Balaban J connectivity index is 2.00. The van der Waals surface area contributed by atoms with E-state index >= 15 is 0 Å². The third-order valence-electron chi connectivity index (χ3n) is 5.00. The molecule has 20 heavy (non-hydrogen) atoms. The van der Waals surface area contributed by atoms with E-state index in [0.29, 0.717) is 0 Å². The molecular formula is C20H16. The second kappa shape index (κ2) is 3.73. The van der Waals surface area contributed by atoms with E-state index in [0.717, 1.165) is 0 Å². The number of aryl methyl sites for hydroxylation is 2. The largest absolute Gasteiger partial charge is 0.0616 e. The first-order valence-electron chi connectivity index (χ1n) is 7.61. The molecule has 3 aromatic carbocycles. The lowest BCUT2D eigenvalue weighted by Gasteiger charge is -2.19. The zero-order valence-electron chi connectivity index (χ0n) is 11.4. The van der Waals surface area contributed by atoms with Crippen LogP contribution in [0.2, 0.25) is 0 Å². The number of rotatable bonds is 0. The predicted molar refractivity (Wildman–Crippen MR) is 85.0 cm³/mol. The van der Waals surface area contributed by atoms with Gasteiger partial charge in [0.1, 0.15) is 0 Å². The zero-order valence-corrected chi connectivity index (χ0v) is 11.4. The molecule has 0 fully saturated rings. The molecule has 2 aliphatic rings. The van der Waals surface area contributed by atoms with Crippen molar-refractivity contribution in [1.29, 1.82) is 0 Å². The van der Waals surface area contributed by atoms with Gasteiger partial charge in [-0.1, -0.05) is 48.5 Å². The third-order valence-corrected chi connectivity index (χ3v) is 5.00. The molecule has 0 saturated carbocycles. The molecule has 0 amide bonds. The van der Waals surface area contributed by atoms with Gasteiger partial charge in [0, 0.05) is 0 Å². The Bertz CT molecular complexity index is 855. The molecule has 0 N–H and O–H groups in total. The predicted octanol–water partition coefficient (Wildman–Crippen LogP) is 5.37. The quantitative estimate of drug-likeness (QED) is 0.397. The number of fused-ring (bicyclic) bond motifs is 5. The van der Waals surface area contributed by atoms with Crippen LogP contribution in [0.5, 0.6) is 0 Å². The summed E-state index contributed by atoms with van der Waals surface area (Å²) in [5, 5.41) is 3.00. The number of hydrogen-bond acceptors (Lipinski definition) is 0. The third kappa shape index (κ3) is 1.22. The summed E-state index contributed by atoms with van der Waals surface area (Å²) in [5.41, 5.74) is 8.94. The number of benzene rings is 3. The lowest BCUT2D eigenvalue weighted by molar-refractivity contribution is 0.690. The van der Waals surface area contributed by atoms with Gasteiger partial charge in [-0.2, -0.15) is 0 Å². The van der Waals surface area contributed by atoms with E-state index in [2.05, 4.69) is 48.5 Å². The van der Waals surface area contributed by atoms with Crippen LogP contribution in [0.25, 0.3) is 33.0 Å². The molecule has 0 atom stereocenters. The Kier molecular flexibility index (Phi) is 1.99. The summed E-state index contributed by atoms with van der Waals surface area (Å²) in [4.78, 5) is 0. The molecule has 96 valence electrons. The van der Waals surface area contributed by atoms with Crippen molar-refractivity contribution in [3.8, 4) is 22.3 Å². The average molecular weight is 256 g/mol. The Morgan fingerprint density at radius 1 is 0.650 bits per heavy atom. The fourth-order valence-corrected chi connectivity index (χ4v) is 4.13. The average Bonchev–Trinajstić information content (AvgIpc) is 2.84. The second-order valence-electron chi connectivity index (χ2n) is 6.04. The SMILES string of the molecule is c1ccc2c(c1)-c1cccc3c4c(cc-2c13)CCCC4. The molecule has 0 nitrogen and oxygen atoms in total. The van der Waals surface area contributed by atoms with Crippen molar-refractivity contribution in [3.63, 3.8) is 0 Å². The van der Waals surface area contributed by atoms with Crippen LogP contribution in [-0.2, 0) is 12.8 Å². The molecule has 0 spiro atoms. The van der Waals surface area contributed by atoms with Gasteiger partial charge in [-0.05, 0) is 69.8 Å². The second-order valence-corrected chi connectivity index (χ2v) is 6.04. The summed E-state index contributed by atoms with van der Waals surface area (Å²) in [5.74, 6) is 0. The Morgan fingerprint density at radius 3 is 2.30 bits per heavy atom. The van der Waals surface area contributed by atoms with Gasteiger partial charge < -0.3 is 0 Å². The molecule has 0 aromatic heterocycles. The summed E-state index contributed by atoms with van der Waals surface area (Å²) >= 11 is 0. The first-order valence-corrected chi connectivity index (χ1v) is 7.61. The zero-order chi connectivity index (χ0) is 13.1. The molecule has 5 rings (SSSR count). The van der Waals surface area contributed by atoms with E-state index in [9.17, 15) is 0 Å². The molecule has 0 unspecified atom stereocenters. The van der Waals surface area contributed by atoms with Gasteiger partial charge in [0.05, 0.1) is 0 Å². The Hall–Kier alpha value is -2.08. The van der Waals surface area contributed by atoms with Crippen LogP contribution in [0.4, 0.5) is 0 Å². The normalized spacial score (nSPS) is 15.2. The fraction of sp³-hybridized carbons (Fsp3) is 0.200. The maximum absolute atomic E-state index is 2.48. The van der Waals surface area contributed by atoms with Gasteiger partial charge in [0.15, 0.2) is 0 Å². The highest BCUT2D eigenvalue weighted by Crippen LogP contribution is 2.49. The summed E-state index contributed by atoms with van der Waals surface area (Å²) in [6, 6.07) is 18.2. The maximum atomic E-state index is 2.48. The maximum Gasteiger partial charge on any atom is -0.00234 e. The van der Waals surface area contributed by atoms with E-state index in [-0.39, 0.29) is 0 Å². The molecule has 0 heterocycles. The van der Waals surface area contributed by atoms with Crippen LogP contribution >= 0.6 is 0 Å². The standard InChI is InChI=1S/C20H16/c1-2-7-14-13(6-1)12-19-16-9-4-3-8-15(16)18-11-5-10-17(14)20(18)19/h3-5,8-12H,1-2,6-7H2. The summed E-state index contributed by atoms with van der Waals surface area (Å²) in [6.07, 6.45) is 5.20. The van der Waals surface area contributed by atoms with E-state index in [1.54, 1.807) is 11.1 Å². The fourth-order valence-electron chi connectivity index (χ4n) is 4.13. The summed E-state index contributed by atoms with van der Waals surface area (Å²) in [6.45, 7) is 0. The van der Waals surface area contributed by atoms with Gasteiger partial charge >= 0.3 is 0 Å². The van der Waals surface area contributed by atoms with Crippen LogP contribution in [0.15, 0.2) is 48.5 Å². The van der Waals surface area contributed by atoms with Crippen LogP contribution in [0.3, 0.4) is 0 Å². The first-order chi connectivity index (χ1) is 9.93. The molecular weight excluding hydrogens is 240 g/mol. The Labute approximate surface area is 119 Å². The summed E-state index contributed by atoms with van der Waals surface area (Å²) < 4.78 is 0. The molecule has 0 aliphatic heterocycles. The molecule has 2 aliphatic carbocycles. The van der Waals surface area contributed by atoms with Gasteiger partial charge in [0.2, 0.25) is 0 Å². The van der Waals surface area contributed by atoms with E-state index in [1.165, 1.54) is 58.7 Å². The monoisotopic (exact) mass is 256 g/mol. The van der Waals surface area contributed by atoms with Crippen molar-refractivity contribution in [2.45, 2.75) is 25.7 Å². The van der Waals surface area contributed by atoms with Gasteiger partial charge in [-0.15, -0.1) is 0 Å². The minimum Gasteiger partial charge on any atom is -0.0616 e. The molecule has 0 radical (unpaired) electrons. The van der Waals surface area contributed by atoms with E-state index in [1.807, 2.05) is 0 Å². The lowest BCUT2D eigenvalue weighted by Crippen LogP contribution is -2.03. The number of hydrogen-bond donors (Lipinski definition) is 0. The van der Waals surface area contributed by atoms with Crippen molar-refractivity contribution in [3.05, 3.63) is 59.7 Å². The van der Waals surface area contributed by atoms with Crippen molar-refractivity contribution in [2.75, 3.05) is 0 Å². The minimum atomic E-state index is 1.25. The molecule has 3 aromatic rings. The highest BCUT2D eigenvalue weighted by atomic mass is 14.3. The van der Waals surface area contributed by atoms with Crippen LogP contribution in [-0.4, -0.2) is 0 Å².